The van der Waals surface area contributed by atoms with Gasteiger partial charge in [0.05, 0.1) is 0 Å². The minimum atomic E-state index is 0. The Morgan fingerprint density at radius 3 is 0.350 bits per heavy atom. The Balaban J connectivity index is -0.00000000187. The molecule has 0 radical (unpaired) electrons. The average Bonchev–Trinajstić information content (AvgIpc) is 1.88. The maximum absolute atomic E-state index is 2.18. The number of rotatable bonds is 2. The Bertz CT molecular complexity index is 27.9. The fourth-order valence-corrected chi connectivity index (χ4v) is 0. The molecule has 11 heteroatoms. The van der Waals surface area contributed by atoms with E-state index in [2.05, 4.69) is 27.7 Å². The summed E-state index contributed by atoms with van der Waals surface area (Å²) in [6, 6.07) is 0. The van der Waals surface area contributed by atoms with Crippen molar-refractivity contribution in [3.8, 4) is 0 Å². The van der Waals surface area contributed by atoms with Gasteiger partial charge in [-0.3, -0.25) is 0 Å². The summed E-state index contributed by atoms with van der Waals surface area (Å²) in [5.41, 5.74) is 0. The molecule has 0 unspecified atom stereocenters. The molecule has 0 N–H and O–H groups in total. The van der Waals surface area contributed by atoms with Gasteiger partial charge in [-0.15, -0.1) is 0 Å². The second-order valence-corrected chi connectivity index (χ2v) is 2.00. The van der Waals surface area contributed by atoms with Gasteiger partial charge in [-0.25, -0.2) is 0 Å². The summed E-state index contributed by atoms with van der Waals surface area (Å²) in [7, 11) is 0. The Kier molecular flexibility index (Phi) is 485. The fraction of sp³-hybridized carbons (Fsp3) is 1.00. The van der Waals surface area contributed by atoms with E-state index in [1.807, 2.05) is 0 Å². The molecule has 0 aliphatic carbocycles. The molecule has 0 bridgehead atoms. The Hall–Kier alpha value is 13.9. The predicted molar refractivity (Wildman–Crippen MR) is 47.9 cm³/mol. The van der Waals surface area contributed by atoms with E-state index in [1.165, 1.54) is 25.7 Å². The van der Waals surface area contributed by atoms with Crippen LogP contribution in [-0.4, -0.2) is 0 Å². The van der Waals surface area contributed by atoms with Gasteiger partial charge in [-0.1, -0.05) is 60.8 Å². The largest absolute Gasteiger partial charge is 0.0776 e. The molecular formula is C9H24Ar11. The molecule has 0 heterocycles. The molecule has 0 rings (SSSR count). The van der Waals surface area contributed by atoms with Crippen molar-refractivity contribution in [3.63, 3.8) is 0 Å². The Morgan fingerprint density at radius 2 is 0.350 bits per heavy atom. The second kappa shape index (κ2) is 105. The molecule has 0 fully saturated rings. The van der Waals surface area contributed by atoms with Crippen LogP contribution >= 0.6 is 0 Å². The summed E-state index contributed by atoms with van der Waals surface area (Å²) in [4.78, 5) is 0. The van der Waals surface area contributed by atoms with Crippen LogP contribution in [0.2, 0.25) is 0 Å². The van der Waals surface area contributed by atoms with Gasteiger partial charge < -0.3 is 0 Å². The first-order chi connectivity index (χ1) is 3.83. The zero-order valence-electron chi connectivity index (χ0n) is 10.7. The van der Waals surface area contributed by atoms with Gasteiger partial charge in [0.15, 0.2) is 0 Å². The molecular weight excluding hydrogens is 548 g/mol. The van der Waals surface area contributed by atoms with Gasteiger partial charge in [0, 0.05) is 415 Å². The van der Waals surface area contributed by atoms with Crippen LogP contribution in [0, 0.1) is 415 Å². The van der Waals surface area contributed by atoms with Crippen LogP contribution in [0.5, 0.6) is 0 Å². The summed E-state index contributed by atoms with van der Waals surface area (Å²) in [6.07, 6.45) is 5.28. The molecule has 148 valence electrons. The average molecular weight is 572 g/mol. The third kappa shape index (κ3) is 121. The van der Waals surface area contributed by atoms with Crippen molar-refractivity contribution in [2.24, 2.45) is 0 Å². The Morgan fingerprint density at radius 1 is 0.300 bits per heavy atom. The van der Waals surface area contributed by atoms with Gasteiger partial charge in [0.25, 0.3) is 0 Å². The third-order valence-corrected chi connectivity index (χ3v) is 1.000. The smallest absolute Gasteiger partial charge is 0 e. The third-order valence-electron chi connectivity index (χ3n) is 1.000. The van der Waals surface area contributed by atoms with Crippen molar-refractivity contribution >= 4 is 0 Å². The van der Waals surface area contributed by atoms with Gasteiger partial charge in [-0.05, 0) is 0 Å². The van der Waals surface area contributed by atoms with E-state index >= 15 is 0 Å². The van der Waals surface area contributed by atoms with Gasteiger partial charge in [0.2, 0.25) is 0 Å². The zero-order chi connectivity index (χ0) is 6.83. The summed E-state index contributed by atoms with van der Waals surface area (Å²) < 4.78 is 0. The summed E-state index contributed by atoms with van der Waals surface area (Å²) >= 11 is 0. The van der Waals surface area contributed by atoms with Crippen LogP contribution in [0.4, 0.5) is 0 Å². The van der Waals surface area contributed by atoms with Crippen LogP contribution in [0.1, 0.15) is 60.8 Å². The van der Waals surface area contributed by atoms with Crippen molar-refractivity contribution < 1.29 is 415 Å². The topological polar surface area (TPSA) is 0 Å². The quantitative estimate of drug-likeness (QED) is 0.465. The molecule has 0 aromatic heterocycles. The first-order valence-electron chi connectivity index (χ1n) is 3.83. The predicted octanol–water partition coefficient (Wildman–Crippen LogP) is 4.25. The molecule has 0 spiro atoms. The van der Waals surface area contributed by atoms with Crippen LogP contribution in [-0.2, 0) is 0 Å². The van der Waals surface area contributed by atoms with Gasteiger partial charge in [-0.2, -0.15) is 0 Å². The minimum Gasteiger partial charge on any atom is -0.0776 e. The number of hydrogen-bond acceptors (Lipinski definition) is 0. The molecule has 0 aliphatic rings. The van der Waals surface area contributed by atoms with E-state index in [4.69, 9.17) is 0 Å². The molecule has 0 aromatic rings. The maximum Gasteiger partial charge on any atom is 0 e. The van der Waals surface area contributed by atoms with E-state index in [0.29, 0.717) is 0 Å². The van der Waals surface area contributed by atoms with Crippen molar-refractivity contribution in [2.45, 2.75) is 60.8 Å². The van der Waals surface area contributed by atoms with E-state index in [-0.39, 0.29) is 423 Å². The summed E-state index contributed by atoms with van der Waals surface area (Å²) in [5.74, 6) is 0. The summed E-state index contributed by atoms with van der Waals surface area (Å²) in [5, 5.41) is 0. The molecule has 0 nitrogen and oxygen atoms in total. The minimum absolute atomic E-state index is 0. The van der Waals surface area contributed by atoms with Crippen molar-refractivity contribution in [3.05, 3.63) is 0 Å². The first-order valence-corrected chi connectivity index (χ1v) is 3.83. The van der Waals surface area contributed by atoms with Crippen LogP contribution in [0.25, 0.3) is 0 Å². The summed E-state index contributed by atoms with van der Waals surface area (Å²) in [6.45, 7) is 8.72. The van der Waals surface area contributed by atoms with Crippen molar-refractivity contribution in [2.75, 3.05) is 0 Å². The molecule has 0 atom stereocenters. The second-order valence-electron chi connectivity index (χ2n) is 2.00. The standard InChI is InChI=1S/2C4H10.CH4.11Ar/c2*1-3-4-2;;;;;;;;;;;;/h2*3-4H2,1-2H3;1H4;;;;;;;;;;;. The Labute approximate surface area is 459 Å². The first kappa shape index (κ1) is 92.7. The zero-order valence-corrected chi connectivity index (χ0v) is 18.5. The van der Waals surface area contributed by atoms with E-state index < -0.39 is 0 Å². The van der Waals surface area contributed by atoms with E-state index in [1.54, 1.807) is 0 Å². The molecule has 0 aliphatic heterocycles. The van der Waals surface area contributed by atoms with Crippen LogP contribution in [0.3, 0.4) is 0 Å². The van der Waals surface area contributed by atoms with Crippen LogP contribution < -0.4 is 0 Å². The number of unbranched alkanes of at least 4 members (excludes halogenated alkanes) is 2. The molecule has 0 saturated heterocycles. The van der Waals surface area contributed by atoms with E-state index in [0.717, 1.165) is 0 Å². The van der Waals surface area contributed by atoms with Crippen molar-refractivity contribution in [1.29, 1.82) is 0 Å². The molecule has 20 heavy (non-hydrogen) atoms. The SMILES string of the molecule is C.CCCC.CCCC.[Ar].[Ar].[Ar].[Ar].[Ar].[Ar].[Ar].[Ar].[Ar].[Ar].[Ar]. The monoisotopic (exact) mass is 572 g/mol. The van der Waals surface area contributed by atoms with Gasteiger partial charge in [0.1, 0.15) is 0 Å². The van der Waals surface area contributed by atoms with Gasteiger partial charge >= 0.3 is 0 Å². The maximum atomic E-state index is 2.18. The molecule has 0 amide bonds. The van der Waals surface area contributed by atoms with E-state index in [9.17, 15) is 0 Å². The normalized spacial score (nSPS) is 3.00. The number of hydrogen-bond donors (Lipinski definition) is 0. The van der Waals surface area contributed by atoms with Crippen molar-refractivity contribution in [1.82, 2.24) is 0 Å². The molecule has 0 aromatic carbocycles. The van der Waals surface area contributed by atoms with Crippen LogP contribution in [0.15, 0.2) is 0 Å². The fourth-order valence-electron chi connectivity index (χ4n) is 0. The molecule has 0 saturated carbocycles.